The van der Waals surface area contributed by atoms with Crippen LogP contribution >= 0.6 is 7.60 Å². The lowest BCUT2D eigenvalue weighted by atomic mass is 10.2. The predicted octanol–water partition coefficient (Wildman–Crippen LogP) is 5.16. The molecule has 0 aliphatic heterocycles. The molecule has 0 radical (unpaired) electrons. The van der Waals surface area contributed by atoms with Gasteiger partial charge in [0.15, 0.2) is 5.78 Å². The molecule has 1 amide bonds. The molecule has 0 saturated carbocycles. The van der Waals surface area contributed by atoms with Crippen molar-refractivity contribution in [2.75, 3.05) is 0 Å². The summed E-state index contributed by atoms with van der Waals surface area (Å²) in [5, 5.41) is 2.85. The smallest absolute Gasteiger partial charge is 0.334 e. The van der Waals surface area contributed by atoms with Crippen LogP contribution in [0.25, 0.3) is 0 Å². The molecule has 26 heavy (non-hydrogen) atoms. The average Bonchev–Trinajstić information content (AvgIpc) is 2.59. The Balaban J connectivity index is 2.42. The lowest BCUT2D eigenvalue weighted by molar-refractivity contribution is 0.0919. The fourth-order valence-electron chi connectivity index (χ4n) is 2.51. The van der Waals surface area contributed by atoms with Crippen molar-refractivity contribution < 1.29 is 18.4 Å². The summed E-state index contributed by atoms with van der Waals surface area (Å²) in [6.07, 6.45) is -0.640. The van der Waals surface area contributed by atoms with E-state index in [4.69, 9.17) is 9.05 Å². The summed E-state index contributed by atoms with van der Waals surface area (Å²) in [5.41, 5.74) is 1.15. The second-order valence-corrected chi connectivity index (χ2v) is 8.52. The molecular formula is C20H26NO4P. The lowest BCUT2D eigenvalue weighted by Crippen LogP contribution is -2.30. The highest BCUT2D eigenvalue weighted by molar-refractivity contribution is 7.54. The maximum absolute atomic E-state index is 13.6. The van der Waals surface area contributed by atoms with Gasteiger partial charge in [-0.25, -0.2) is 0 Å². The Kier molecular flexibility index (Phi) is 7.15. The molecule has 1 N–H and O–H groups in total. The summed E-state index contributed by atoms with van der Waals surface area (Å²) < 4.78 is 25.1. The summed E-state index contributed by atoms with van der Waals surface area (Å²) in [6, 6.07) is 17.9. The van der Waals surface area contributed by atoms with Crippen molar-refractivity contribution in [3.05, 3.63) is 71.8 Å². The van der Waals surface area contributed by atoms with E-state index < -0.39 is 13.4 Å². The van der Waals surface area contributed by atoms with Gasteiger partial charge in [-0.05, 0) is 45.4 Å². The number of carbonyl (C=O) groups excluding carboxylic acids is 1. The zero-order chi connectivity index (χ0) is 19.2. The molecule has 0 bridgehead atoms. The van der Waals surface area contributed by atoms with Crippen molar-refractivity contribution >= 4 is 13.5 Å². The maximum atomic E-state index is 13.6. The van der Waals surface area contributed by atoms with E-state index in [1.807, 2.05) is 24.3 Å². The quantitative estimate of drug-likeness (QED) is 0.648. The van der Waals surface area contributed by atoms with Crippen molar-refractivity contribution in [1.29, 1.82) is 0 Å². The average molecular weight is 375 g/mol. The van der Waals surface area contributed by atoms with Crippen molar-refractivity contribution in [3.8, 4) is 0 Å². The van der Waals surface area contributed by atoms with Crippen LogP contribution in [0.2, 0.25) is 0 Å². The van der Waals surface area contributed by atoms with Crippen molar-refractivity contribution in [3.63, 3.8) is 0 Å². The van der Waals surface area contributed by atoms with Gasteiger partial charge >= 0.3 is 7.60 Å². The van der Waals surface area contributed by atoms with E-state index >= 15 is 0 Å². The van der Waals surface area contributed by atoms with E-state index in [2.05, 4.69) is 5.32 Å². The number of rotatable bonds is 8. The predicted molar refractivity (Wildman–Crippen MR) is 103 cm³/mol. The van der Waals surface area contributed by atoms with Crippen molar-refractivity contribution in [1.82, 2.24) is 5.32 Å². The summed E-state index contributed by atoms with van der Waals surface area (Å²) in [5.74, 6) is -1.24. The summed E-state index contributed by atoms with van der Waals surface area (Å²) in [7, 11) is -3.67. The monoisotopic (exact) mass is 375 g/mol. The molecule has 1 atom stereocenters. The van der Waals surface area contributed by atoms with Crippen LogP contribution in [0.1, 0.15) is 49.4 Å². The molecular weight excluding hydrogens is 349 g/mol. The first-order valence-electron chi connectivity index (χ1n) is 8.69. The minimum atomic E-state index is -3.67. The molecule has 0 heterocycles. The molecule has 0 aliphatic rings. The lowest BCUT2D eigenvalue weighted by Gasteiger charge is -2.30. The normalized spacial score (nSPS) is 13.0. The van der Waals surface area contributed by atoms with Gasteiger partial charge in [0.05, 0.1) is 12.2 Å². The highest BCUT2D eigenvalue weighted by Gasteiger charge is 2.40. The first kappa shape index (κ1) is 20.4. The number of amides is 1. The Bertz CT molecular complexity index is 733. The summed E-state index contributed by atoms with van der Waals surface area (Å²) in [4.78, 5) is 12.7. The molecule has 6 heteroatoms. The number of hydrogen-bond donors (Lipinski definition) is 1. The van der Waals surface area contributed by atoms with Gasteiger partial charge in [0, 0.05) is 5.56 Å². The van der Waals surface area contributed by atoms with Crippen LogP contribution in [0.3, 0.4) is 0 Å². The van der Waals surface area contributed by atoms with E-state index in [-0.39, 0.29) is 18.1 Å². The van der Waals surface area contributed by atoms with Gasteiger partial charge < -0.3 is 14.4 Å². The number of carbonyl (C=O) groups is 1. The Morgan fingerprint density at radius 1 is 0.846 bits per heavy atom. The first-order valence-corrected chi connectivity index (χ1v) is 10.3. The number of nitrogens with one attached hydrogen (secondary N) is 1. The van der Waals surface area contributed by atoms with Gasteiger partial charge in [-0.15, -0.1) is 0 Å². The Morgan fingerprint density at radius 3 is 1.77 bits per heavy atom. The molecule has 2 aromatic carbocycles. The zero-order valence-corrected chi connectivity index (χ0v) is 16.5. The molecule has 5 nitrogen and oxygen atoms in total. The van der Waals surface area contributed by atoms with Crippen LogP contribution in [0, 0.1) is 0 Å². The van der Waals surface area contributed by atoms with Gasteiger partial charge in [0.1, 0.15) is 0 Å². The van der Waals surface area contributed by atoms with Gasteiger partial charge in [0.2, 0.25) is 0 Å². The van der Waals surface area contributed by atoms with E-state index in [0.29, 0.717) is 11.1 Å². The second-order valence-electron chi connectivity index (χ2n) is 6.50. The third-order valence-electron chi connectivity index (χ3n) is 3.45. The Hall–Kier alpha value is -1.94. The van der Waals surface area contributed by atoms with Gasteiger partial charge in [0.25, 0.3) is 5.91 Å². The Morgan fingerprint density at radius 2 is 1.31 bits per heavy atom. The fraction of sp³-hybridized carbons (Fsp3) is 0.350. The van der Waals surface area contributed by atoms with Crippen LogP contribution in [-0.4, -0.2) is 18.1 Å². The van der Waals surface area contributed by atoms with Gasteiger partial charge in [-0.3, -0.25) is 9.36 Å². The number of benzene rings is 2. The standard InChI is InChI=1S/C20H26NO4P/c1-15(2)24-26(23,25-16(3)4)20(18-13-9-6-10-14-18)21-19(22)17-11-7-5-8-12-17/h5-16,20H,1-4H3,(H,21,22)/t20-/m0/s1. The Labute approximate surface area is 155 Å². The molecule has 0 spiro atoms. The van der Waals surface area contributed by atoms with Gasteiger partial charge in [-0.2, -0.15) is 0 Å². The number of hydrogen-bond acceptors (Lipinski definition) is 4. The minimum absolute atomic E-state index is 0.320. The highest BCUT2D eigenvalue weighted by Crippen LogP contribution is 2.61. The molecule has 0 fully saturated rings. The minimum Gasteiger partial charge on any atom is -0.334 e. The fourth-order valence-corrected chi connectivity index (χ4v) is 4.79. The molecule has 0 aliphatic carbocycles. The van der Waals surface area contributed by atoms with E-state index in [1.165, 1.54) is 0 Å². The molecule has 0 saturated heterocycles. The molecule has 0 unspecified atom stereocenters. The molecule has 140 valence electrons. The van der Waals surface area contributed by atoms with Crippen LogP contribution < -0.4 is 5.32 Å². The van der Waals surface area contributed by atoms with Crippen LogP contribution in [0.15, 0.2) is 60.7 Å². The first-order chi connectivity index (χ1) is 12.3. The van der Waals surface area contributed by atoms with Crippen molar-refractivity contribution in [2.24, 2.45) is 0 Å². The second kappa shape index (κ2) is 9.13. The topological polar surface area (TPSA) is 64.6 Å². The van der Waals surface area contributed by atoms with E-state index in [9.17, 15) is 9.36 Å². The SMILES string of the molecule is CC(C)OP(=O)(OC(C)C)[C@H](NC(=O)c1ccccc1)c1ccccc1. The summed E-state index contributed by atoms with van der Waals surface area (Å²) in [6.45, 7) is 7.16. The van der Waals surface area contributed by atoms with E-state index in [0.717, 1.165) is 0 Å². The third-order valence-corrected chi connectivity index (χ3v) is 5.94. The maximum Gasteiger partial charge on any atom is 0.357 e. The summed E-state index contributed by atoms with van der Waals surface area (Å²) >= 11 is 0. The van der Waals surface area contributed by atoms with Crippen LogP contribution in [-0.2, 0) is 13.6 Å². The van der Waals surface area contributed by atoms with E-state index in [1.54, 1.807) is 64.1 Å². The van der Waals surface area contributed by atoms with Crippen LogP contribution in [0.4, 0.5) is 0 Å². The van der Waals surface area contributed by atoms with Crippen LogP contribution in [0.5, 0.6) is 0 Å². The van der Waals surface area contributed by atoms with Gasteiger partial charge in [-0.1, -0.05) is 48.5 Å². The zero-order valence-electron chi connectivity index (χ0n) is 15.6. The third kappa shape index (κ3) is 5.53. The molecule has 0 aromatic heterocycles. The molecule has 2 aromatic rings. The van der Waals surface area contributed by atoms with Crippen molar-refractivity contribution in [2.45, 2.75) is 45.7 Å². The largest absolute Gasteiger partial charge is 0.357 e. The molecule has 2 rings (SSSR count). The highest BCUT2D eigenvalue weighted by atomic mass is 31.2.